The monoisotopic (exact) mass is 185 g/mol. The maximum Gasteiger partial charge on any atom is 0.422 e. The van der Waals surface area contributed by atoms with Gasteiger partial charge in [-0.1, -0.05) is 0 Å². The van der Waals surface area contributed by atoms with E-state index in [9.17, 15) is 14.4 Å². The second kappa shape index (κ2) is 3.70. The zero-order valence-corrected chi connectivity index (χ0v) is 6.83. The fraction of sp³-hybridized carbons (Fsp3) is 0.286. The van der Waals surface area contributed by atoms with Gasteiger partial charge in [-0.25, -0.2) is 9.59 Å². The van der Waals surface area contributed by atoms with Gasteiger partial charge in [0, 0.05) is 6.08 Å². The largest absolute Gasteiger partial charge is 0.461 e. The Morgan fingerprint density at radius 1 is 1.46 bits per heavy atom. The van der Waals surface area contributed by atoms with Gasteiger partial charge in [-0.2, -0.15) is 0 Å². The molecule has 70 valence electrons. The second-order valence-corrected chi connectivity index (χ2v) is 2.21. The van der Waals surface area contributed by atoms with Crippen LogP contribution in [0, 0.1) is 0 Å². The van der Waals surface area contributed by atoms with Crippen molar-refractivity contribution in [2.24, 2.45) is 0 Å². The molecule has 1 heterocycles. The highest BCUT2D eigenvalue weighted by Gasteiger charge is 2.21. The SMILES string of the molecule is COC(=O)C(=O)OC1=CC(=O)NC1. The molecule has 0 fully saturated rings. The van der Waals surface area contributed by atoms with Crippen LogP contribution < -0.4 is 5.32 Å². The summed E-state index contributed by atoms with van der Waals surface area (Å²) in [7, 11) is 1.07. The molecule has 0 aliphatic carbocycles. The standard InChI is InChI=1S/C7H7NO5/c1-12-6(10)7(11)13-4-2-5(9)8-3-4/h2H,3H2,1H3,(H,8,9). The molecule has 0 saturated heterocycles. The Kier molecular flexibility index (Phi) is 2.63. The van der Waals surface area contributed by atoms with Crippen LogP contribution in [0.4, 0.5) is 0 Å². The Morgan fingerprint density at radius 3 is 2.62 bits per heavy atom. The molecule has 1 rings (SSSR count). The number of hydrogen-bond acceptors (Lipinski definition) is 5. The molecule has 0 aromatic rings. The van der Waals surface area contributed by atoms with Crippen molar-refractivity contribution in [1.29, 1.82) is 0 Å². The zero-order chi connectivity index (χ0) is 9.84. The fourth-order valence-electron chi connectivity index (χ4n) is 0.732. The number of nitrogens with one attached hydrogen (secondary N) is 1. The molecule has 1 amide bonds. The van der Waals surface area contributed by atoms with Gasteiger partial charge >= 0.3 is 11.9 Å². The minimum absolute atomic E-state index is 0.111. The number of hydrogen-bond donors (Lipinski definition) is 1. The van der Waals surface area contributed by atoms with Crippen LogP contribution in [0.15, 0.2) is 11.8 Å². The molecule has 0 bridgehead atoms. The Morgan fingerprint density at radius 2 is 2.15 bits per heavy atom. The van der Waals surface area contributed by atoms with E-state index >= 15 is 0 Å². The molecule has 13 heavy (non-hydrogen) atoms. The van der Waals surface area contributed by atoms with Gasteiger partial charge in [-0.3, -0.25) is 4.79 Å². The lowest BCUT2D eigenvalue weighted by molar-refractivity contribution is -0.163. The van der Waals surface area contributed by atoms with E-state index in [1.807, 2.05) is 0 Å². The van der Waals surface area contributed by atoms with E-state index in [4.69, 9.17) is 0 Å². The summed E-state index contributed by atoms with van der Waals surface area (Å²) in [6.07, 6.45) is 1.10. The lowest BCUT2D eigenvalue weighted by Crippen LogP contribution is -2.20. The van der Waals surface area contributed by atoms with Crippen LogP contribution in [-0.4, -0.2) is 31.5 Å². The van der Waals surface area contributed by atoms with E-state index in [1.165, 1.54) is 0 Å². The van der Waals surface area contributed by atoms with Crippen LogP contribution in [0.2, 0.25) is 0 Å². The number of methoxy groups -OCH3 is 1. The summed E-state index contributed by atoms with van der Waals surface area (Å²) in [5.41, 5.74) is 0. The Labute approximate surface area is 73.5 Å². The third-order valence-electron chi connectivity index (χ3n) is 1.30. The zero-order valence-electron chi connectivity index (χ0n) is 6.83. The quantitative estimate of drug-likeness (QED) is 0.406. The van der Waals surface area contributed by atoms with Gasteiger partial charge in [0.05, 0.1) is 13.7 Å². The van der Waals surface area contributed by atoms with Crippen molar-refractivity contribution in [2.75, 3.05) is 13.7 Å². The van der Waals surface area contributed by atoms with Gasteiger partial charge in [0.25, 0.3) is 0 Å². The summed E-state index contributed by atoms with van der Waals surface area (Å²) >= 11 is 0. The van der Waals surface area contributed by atoms with Gasteiger partial charge in [0.15, 0.2) is 0 Å². The van der Waals surface area contributed by atoms with Crippen molar-refractivity contribution in [1.82, 2.24) is 5.32 Å². The Bertz CT molecular complexity index is 293. The second-order valence-electron chi connectivity index (χ2n) is 2.21. The van der Waals surface area contributed by atoms with Crippen LogP contribution in [-0.2, 0) is 23.9 Å². The summed E-state index contributed by atoms with van der Waals surface area (Å²) in [4.78, 5) is 31.9. The number of carbonyl (C=O) groups is 3. The lowest BCUT2D eigenvalue weighted by Gasteiger charge is -2.00. The first-order valence-electron chi connectivity index (χ1n) is 3.42. The Balaban J connectivity index is 2.50. The number of esters is 2. The van der Waals surface area contributed by atoms with Crippen molar-refractivity contribution < 1.29 is 23.9 Å². The van der Waals surface area contributed by atoms with E-state index in [2.05, 4.69) is 14.8 Å². The fourth-order valence-corrected chi connectivity index (χ4v) is 0.732. The predicted molar refractivity (Wildman–Crippen MR) is 39.2 cm³/mol. The highest BCUT2D eigenvalue weighted by atomic mass is 16.6. The molecule has 1 aliphatic rings. The highest BCUT2D eigenvalue weighted by molar-refractivity contribution is 6.30. The molecular weight excluding hydrogens is 178 g/mol. The molecule has 0 atom stereocenters. The molecule has 1 N–H and O–H groups in total. The number of ether oxygens (including phenoxy) is 2. The molecule has 0 aromatic carbocycles. The third kappa shape index (κ3) is 2.29. The minimum Gasteiger partial charge on any atom is -0.461 e. The third-order valence-corrected chi connectivity index (χ3v) is 1.30. The Hall–Kier alpha value is -1.85. The summed E-state index contributed by atoms with van der Waals surface area (Å²) < 4.78 is 8.60. The van der Waals surface area contributed by atoms with Crippen LogP contribution in [0.25, 0.3) is 0 Å². The van der Waals surface area contributed by atoms with E-state index in [-0.39, 0.29) is 18.2 Å². The molecule has 0 aromatic heterocycles. The van der Waals surface area contributed by atoms with Crippen LogP contribution >= 0.6 is 0 Å². The topological polar surface area (TPSA) is 81.7 Å². The molecule has 1 aliphatic heterocycles. The van der Waals surface area contributed by atoms with Crippen molar-refractivity contribution in [3.63, 3.8) is 0 Å². The van der Waals surface area contributed by atoms with E-state index < -0.39 is 11.9 Å². The van der Waals surface area contributed by atoms with Crippen LogP contribution in [0.3, 0.4) is 0 Å². The summed E-state index contributed by atoms with van der Waals surface area (Å²) in [6, 6.07) is 0. The van der Waals surface area contributed by atoms with E-state index in [0.717, 1.165) is 13.2 Å². The molecule has 6 heteroatoms. The molecule has 0 saturated carbocycles. The summed E-state index contributed by atoms with van der Waals surface area (Å²) in [6.45, 7) is 0.113. The van der Waals surface area contributed by atoms with Gasteiger partial charge in [0.1, 0.15) is 5.76 Å². The average Bonchev–Trinajstić information content (AvgIpc) is 2.49. The maximum atomic E-state index is 10.8. The number of carbonyl (C=O) groups excluding carboxylic acids is 3. The van der Waals surface area contributed by atoms with Crippen LogP contribution in [0.1, 0.15) is 0 Å². The van der Waals surface area contributed by atoms with Crippen molar-refractivity contribution >= 4 is 17.8 Å². The smallest absolute Gasteiger partial charge is 0.422 e. The van der Waals surface area contributed by atoms with Crippen molar-refractivity contribution in [3.05, 3.63) is 11.8 Å². The lowest BCUT2D eigenvalue weighted by atomic mass is 10.5. The summed E-state index contributed by atoms with van der Waals surface area (Å²) in [5, 5.41) is 2.37. The minimum atomic E-state index is -1.13. The number of amides is 1. The van der Waals surface area contributed by atoms with Gasteiger partial charge in [-0.15, -0.1) is 0 Å². The first kappa shape index (κ1) is 9.24. The van der Waals surface area contributed by atoms with Crippen molar-refractivity contribution in [3.8, 4) is 0 Å². The molecule has 0 unspecified atom stereocenters. The predicted octanol–water partition coefficient (Wildman–Crippen LogP) is -1.28. The molecule has 0 spiro atoms. The molecule has 0 radical (unpaired) electrons. The first-order chi connectivity index (χ1) is 6.13. The van der Waals surface area contributed by atoms with Gasteiger partial charge < -0.3 is 14.8 Å². The number of rotatable bonds is 1. The normalized spacial score (nSPS) is 14.5. The van der Waals surface area contributed by atoms with Crippen molar-refractivity contribution in [2.45, 2.75) is 0 Å². The summed E-state index contributed by atoms with van der Waals surface area (Å²) in [5.74, 6) is -2.47. The average molecular weight is 185 g/mol. The highest BCUT2D eigenvalue weighted by Crippen LogP contribution is 2.02. The first-order valence-corrected chi connectivity index (χ1v) is 3.42. The molecular formula is C7H7NO5. The van der Waals surface area contributed by atoms with E-state index in [1.54, 1.807) is 0 Å². The molecule has 6 nitrogen and oxygen atoms in total. The van der Waals surface area contributed by atoms with Crippen LogP contribution in [0.5, 0.6) is 0 Å². The van der Waals surface area contributed by atoms with Gasteiger partial charge in [-0.05, 0) is 0 Å². The maximum absolute atomic E-state index is 10.8. The van der Waals surface area contributed by atoms with Gasteiger partial charge in [0.2, 0.25) is 5.91 Å². The van der Waals surface area contributed by atoms with E-state index in [0.29, 0.717) is 0 Å².